The van der Waals surface area contributed by atoms with Gasteiger partial charge >= 0.3 is 0 Å². The Kier molecular flexibility index (Phi) is 16.7. The van der Waals surface area contributed by atoms with Gasteiger partial charge in [0.25, 0.3) is 0 Å². The van der Waals surface area contributed by atoms with Crippen LogP contribution in [-0.2, 0) is 33.2 Å². The minimum absolute atomic E-state index is 0.0496. The van der Waals surface area contributed by atoms with Crippen molar-refractivity contribution in [3.8, 4) is 0 Å². The van der Waals surface area contributed by atoms with Gasteiger partial charge in [0, 0.05) is 51.4 Å². The number of ether oxygens (including phenoxy) is 6. The molecular formula is C29H60N10O13. The molecule has 4 rings (SSSR count). The Balaban J connectivity index is 1.42. The zero-order valence-corrected chi connectivity index (χ0v) is 28.9. The van der Waals surface area contributed by atoms with Gasteiger partial charge in [0.15, 0.2) is 18.9 Å². The van der Waals surface area contributed by atoms with Gasteiger partial charge in [0.05, 0.1) is 49.6 Å². The Morgan fingerprint density at radius 2 is 1.21 bits per heavy atom. The summed E-state index contributed by atoms with van der Waals surface area (Å²) in [6, 6.07) is -5.27. The molecule has 3 heterocycles. The van der Waals surface area contributed by atoms with E-state index in [0.29, 0.717) is 26.2 Å². The van der Waals surface area contributed by atoms with Gasteiger partial charge < -0.3 is 115 Å². The molecule has 4 aliphatic rings. The second-order valence-corrected chi connectivity index (χ2v) is 13.6. The second-order valence-electron chi connectivity index (χ2n) is 13.6. The maximum absolute atomic E-state index is 12.6. The van der Waals surface area contributed by atoms with Gasteiger partial charge in [-0.2, -0.15) is 0 Å². The molecule has 8 unspecified atom stereocenters. The highest BCUT2D eigenvalue weighted by Gasteiger charge is 2.54. The lowest BCUT2D eigenvalue weighted by Gasteiger charge is -2.48. The molecule has 0 aromatic heterocycles. The van der Waals surface area contributed by atoms with E-state index in [0.717, 1.165) is 0 Å². The van der Waals surface area contributed by atoms with Crippen molar-refractivity contribution in [1.82, 2.24) is 16.0 Å². The second kappa shape index (κ2) is 20.0. The molecule has 19 atom stereocenters. The normalized spacial score (nSPS) is 45.6. The summed E-state index contributed by atoms with van der Waals surface area (Å²) in [6.07, 6.45) is -18.6. The molecular weight excluding hydrogens is 696 g/mol. The van der Waals surface area contributed by atoms with Crippen LogP contribution >= 0.6 is 0 Å². The van der Waals surface area contributed by atoms with Crippen molar-refractivity contribution < 1.29 is 63.9 Å². The maximum atomic E-state index is 12.6. The third-order valence-corrected chi connectivity index (χ3v) is 9.82. The average Bonchev–Trinajstić information content (AvgIpc) is 3.42. The molecule has 0 aromatic rings. The Labute approximate surface area is 301 Å². The molecule has 23 heteroatoms. The van der Waals surface area contributed by atoms with Crippen LogP contribution in [0.25, 0.3) is 0 Å². The van der Waals surface area contributed by atoms with Crippen molar-refractivity contribution in [2.75, 3.05) is 52.4 Å². The van der Waals surface area contributed by atoms with Crippen LogP contribution in [0.2, 0.25) is 0 Å². The average molecular weight is 757 g/mol. The van der Waals surface area contributed by atoms with Gasteiger partial charge in [-0.15, -0.1) is 0 Å². The third-order valence-electron chi connectivity index (χ3n) is 9.82. The predicted octanol–water partition coefficient (Wildman–Crippen LogP) is -10.6. The number of aliphatic hydroxyl groups is 6. The number of aliphatic hydroxyl groups excluding tert-OH is 6. The van der Waals surface area contributed by atoms with E-state index in [-0.39, 0.29) is 26.1 Å². The van der Waals surface area contributed by atoms with Crippen LogP contribution in [0.1, 0.15) is 6.42 Å². The SMILES string of the molecule is NCCNCCNCC(=O)N[C@@H]1C(CN)O[C@H](O[C@@H]2C(N)C[C@@H](N)C(O)[C@H]2OC2O[C@H](CO)[C@H](O[C@H]3O[C@@H](CN)C(O)C(O)[C@H]3N)C2O)[C@@H](N)C1O. The van der Waals surface area contributed by atoms with Gasteiger partial charge in [0.2, 0.25) is 5.91 Å². The van der Waals surface area contributed by atoms with Crippen molar-refractivity contribution in [2.45, 2.75) is 123 Å². The van der Waals surface area contributed by atoms with Crippen molar-refractivity contribution in [3.05, 3.63) is 0 Å². The number of hydrogen-bond acceptors (Lipinski definition) is 22. The Morgan fingerprint density at radius 1 is 0.635 bits per heavy atom. The molecule has 1 aliphatic carbocycles. The van der Waals surface area contributed by atoms with Crippen LogP contribution in [-0.4, -0.2) is 205 Å². The molecule has 1 saturated carbocycles. The first-order valence-electron chi connectivity index (χ1n) is 17.5. The highest BCUT2D eigenvalue weighted by atomic mass is 16.8. The predicted molar refractivity (Wildman–Crippen MR) is 179 cm³/mol. The van der Waals surface area contributed by atoms with E-state index >= 15 is 0 Å². The van der Waals surface area contributed by atoms with Gasteiger partial charge in [-0.05, 0) is 6.42 Å². The fourth-order valence-corrected chi connectivity index (χ4v) is 6.79. The molecule has 0 bridgehead atoms. The molecule has 0 radical (unpaired) electrons. The topological polar surface area (TPSA) is 412 Å². The standard InChI is InChI=1S/C29H60N10O13/c30-1-2-37-3-4-38-8-15(41)39-18-12(6-31)47-27(16(35)21(18)44)50-24-11(34)5-10(33)19(42)26(24)52-29-23(46)25(14(9-40)49-29)51-28-17(36)22(45)20(43)13(7-32)48-28/h10-14,16-29,37-38,40,42-46H,1-9,30-36H2,(H,39,41)/t10-,11?,12?,13+,14-,16+,17-,18-,19?,20?,21?,22?,23?,24-,25+,26-,27-,28-,29?/m1/s1. The highest BCUT2D eigenvalue weighted by Crippen LogP contribution is 2.34. The van der Waals surface area contributed by atoms with E-state index in [1.54, 1.807) is 0 Å². The molecule has 1 amide bonds. The molecule has 0 spiro atoms. The Hall–Kier alpha value is -1.37. The summed E-state index contributed by atoms with van der Waals surface area (Å²) in [4.78, 5) is 12.6. The van der Waals surface area contributed by atoms with E-state index in [1.807, 2.05) is 0 Å². The van der Waals surface area contributed by atoms with E-state index < -0.39 is 129 Å². The fourth-order valence-electron chi connectivity index (χ4n) is 6.79. The van der Waals surface area contributed by atoms with Crippen LogP contribution < -0.4 is 56.1 Å². The lowest BCUT2D eigenvalue weighted by molar-refractivity contribution is -0.297. The molecule has 52 heavy (non-hydrogen) atoms. The van der Waals surface area contributed by atoms with Gasteiger partial charge in [-0.25, -0.2) is 0 Å². The quantitative estimate of drug-likeness (QED) is 0.0612. The van der Waals surface area contributed by atoms with Gasteiger partial charge in [-0.1, -0.05) is 0 Å². The van der Waals surface area contributed by atoms with Crippen LogP contribution in [0, 0.1) is 0 Å². The number of amides is 1. The van der Waals surface area contributed by atoms with Crippen molar-refractivity contribution in [2.24, 2.45) is 40.1 Å². The number of nitrogens with two attached hydrogens (primary N) is 7. The van der Waals surface area contributed by atoms with E-state index in [2.05, 4.69) is 16.0 Å². The Bertz CT molecular complexity index is 1090. The first-order valence-corrected chi connectivity index (χ1v) is 17.5. The third kappa shape index (κ3) is 10.1. The molecule has 3 saturated heterocycles. The van der Waals surface area contributed by atoms with Crippen LogP contribution in [0.15, 0.2) is 0 Å². The highest BCUT2D eigenvalue weighted by molar-refractivity contribution is 5.78. The lowest BCUT2D eigenvalue weighted by Crippen LogP contribution is -2.70. The summed E-state index contributed by atoms with van der Waals surface area (Å²) in [5.41, 5.74) is 42.0. The molecule has 304 valence electrons. The van der Waals surface area contributed by atoms with Crippen molar-refractivity contribution >= 4 is 5.91 Å². The van der Waals surface area contributed by atoms with E-state index in [4.69, 9.17) is 68.6 Å². The lowest BCUT2D eigenvalue weighted by atomic mass is 9.84. The minimum atomic E-state index is -1.63. The summed E-state index contributed by atoms with van der Waals surface area (Å²) in [5, 5.41) is 73.0. The number of rotatable bonds is 17. The number of carbonyl (C=O) groups excluding carboxylic acids is 1. The molecule has 0 aromatic carbocycles. The summed E-state index contributed by atoms with van der Waals surface area (Å²) < 4.78 is 35.5. The summed E-state index contributed by atoms with van der Waals surface area (Å²) in [6.45, 7) is 1.19. The summed E-state index contributed by atoms with van der Waals surface area (Å²) in [7, 11) is 0. The smallest absolute Gasteiger partial charge is 0.234 e. The van der Waals surface area contributed by atoms with Crippen LogP contribution in [0.3, 0.4) is 0 Å². The Morgan fingerprint density at radius 3 is 1.85 bits per heavy atom. The van der Waals surface area contributed by atoms with E-state index in [1.165, 1.54) is 0 Å². The van der Waals surface area contributed by atoms with Crippen LogP contribution in [0.4, 0.5) is 0 Å². The first-order chi connectivity index (χ1) is 24.8. The monoisotopic (exact) mass is 756 g/mol. The molecule has 4 fully saturated rings. The number of nitrogens with one attached hydrogen (secondary N) is 3. The maximum Gasteiger partial charge on any atom is 0.234 e. The number of hydrogen-bond donors (Lipinski definition) is 16. The van der Waals surface area contributed by atoms with Crippen molar-refractivity contribution in [1.29, 1.82) is 0 Å². The van der Waals surface area contributed by atoms with Gasteiger partial charge in [-0.3, -0.25) is 4.79 Å². The fraction of sp³-hybridized carbons (Fsp3) is 0.966. The largest absolute Gasteiger partial charge is 0.394 e. The summed E-state index contributed by atoms with van der Waals surface area (Å²) >= 11 is 0. The first kappa shape index (κ1) is 43.4. The zero-order valence-electron chi connectivity index (χ0n) is 28.9. The minimum Gasteiger partial charge on any atom is -0.394 e. The molecule has 23 N–H and O–H groups in total. The summed E-state index contributed by atoms with van der Waals surface area (Å²) in [5.74, 6) is -0.431. The van der Waals surface area contributed by atoms with Crippen LogP contribution in [0.5, 0.6) is 0 Å². The van der Waals surface area contributed by atoms with Gasteiger partial charge in [0.1, 0.15) is 48.8 Å². The van der Waals surface area contributed by atoms with Crippen molar-refractivity contribution in [3.63, 3.8) is 0 Å². The molecule has 23 nitrogen and oxygen atoms in total. The molecule has 3 aliphatic heterocycles. The zero-order chi connectivity index (χ0) is 38.3. The van der Waals surface area contributed by atoms with E-state index in [9.17, 15) is 35.4 Å². The number of carbonyl (C=O) groups is 1.